The minimum atomic E-state index is 0.209. The molecule has 0 radical (unpaired) electrons. The van der Waals surface area contributed by atoms with E-state index in [9.17, 15) is 5.11 Å². The molecule has 1 saturated heterocycles. The molecule has 1 aromatic heterocycles. The summed E-state index contributed by atoms with van der Waals surface area (Å²) in [7, 11) is 0. The number of thioether (sulfide) groups is 1. The number of piperidine rings is 1. The predicted molar refractivity (Wildman–Crippen MR) is 97.4 cm³/mol. The van der Waals surface area contributed by atoms with Gasteiger partial charge in [0.05, 0.1) is 6.54 Å². The highest BCUT2D eigenvalue weighted by atomic mass is 32.2. The standard InChI is InChI=1S/C18H26N4OS/c1-14(12-23)13-24-18-21-20-17(16-7-9-19-10-8-16)22(18)11-15-5-3-2-4-6-15/h2-6,14,16,19,23H,7-13H2,1H3. The van der Waals surface area contributed by atoms with Crippen molar-refractivity contribution < 1.29 is 5.11 Å². The van der Waals surface area contributed by atoms with Crippen molar-refractivity contribution in [3.63, 3.8) is 0 Å². The molecule has 0 aliphatic carbocycles. The molecule has 6 heteroatoms. The molecule has 3 rings (SSSR count). The summed E-state index contributed by atoms with van der Waals surface area (Å²) in [6, 6.07) is 10.5. The second kappa shape index (κ2) is 8.65. The van der Waals surface area contributed by atoms with Gasteiger partial charge in [0.25, 0.3) is 0 Å². The molecule has 0 amide bonds. The van der Waals surface area contributed by atoms with E-state index in [4.69, 9.17) is 0 Å². The fraction of sp³-hybridized carbons (Fsp3) is 0.556. The Bertz CT molecular complexity index is 625. The average molecular weight is 347 g/mol. The van der Waals surface area contributed by atoms with Crippen LogP contribution in [0.5, 0.6) is 0 Å². The molecule has 130 valence electrons. The van der Waals surface area contributed by atoms with Gasteiger partial charge in [-0.15, -0.1) is 10.2 Å². The highest BCUT2D eigenvalue weighted by Crippen LogP contribution is 2.28. The van der Waals surface area contributed by atoms with Gasteiger partial charge in [-0.25, -0.2) is 0 Å². The van der Waals surface area contributed by atoms with Crippen LogP contribution >= 0.6 is 11.8 Å². The third kappa shape index (κ3) is 4.37. The number of hydrogen-bond donors (Lipinski definition) is 2. The Labute approximate surface area is 147 Å². The summed E-state index contributed by atoms with van der Waals surface area (Å²) in [6.07, 6.45) is 2.23. The molecule has 1 aromatic carbocycles. The molecule has 5 nitrogen and oxygen atoms in total. The van der Waals surface area contributed by atoms with Gasteiger partial charge >= 0.3 is 0 Å². The second-order valence-electron chi connectivity index (χ2n) is 6.54. The molecule has 2 aromatic rings. The maximum Gasteiger partial charge on any atom is 0.191 e. The zero-order chi connectivity index (χ0) is 16.8. The predicted octanol–water partition coefficient (Wildman–Crippen LogP) is 2.51. The summed E-state index contributed by atoms with van der Waals surface area (Å²) in [5.74, 6) is 2.71. The van der Waals surface area contributed by atoms with E-state index in [-0.39, 0.29) is 12.5 Å². The molecule has 0 saturated carbocycles. The molecule has 1 atom stereocenters. The summed E-state index contributed by atoms with van der Waals surface area (Å²) in [5, 5.41) is 22.7. The van der Waals surface area contributed by atoms with E-state index in [1.54, 1.807) is 11.8 Å². The maximum absolute atomic E-state index is 9.26. The van der Waals surface area contributed by atoms with Gasteiger partial charge < -0.3 is 15.0 Å². The monoisotopic (exact) mass is 346 g/mol. The van der Waals surface area contributed by atoms with E-state index < -0.39 is 0 Å². The van der Waals surface area contributed by atoms with E-state index in [1.807, 2.05) is 6.07 Å². The number of hydrogen-bond acceptors (Lipinski definition) is 5. The lowest BCUT2D eigenvalue weighted by molar-refractivity contribution is 0.250. The quantitative estimate of drug-likeness (QED) is 0.754. The maximum atomic E-state index is 9.26. The first-order chi connectivity index (χ1) is 11.8. The average Bonchev–Trinajstić information content (AvgIpc) is 3.04. The molecule has 24 heavy (non-hydrogen) atoms. The third-order valence-corrected chi connectivity index (χ3v) is 5.74. The molecule has 2 heterocycles. The molecule has 0 bridgehead atoms. The Hall–Kier alpha value is -1.37. The van der Waals surface area contributed by atoms with Gasteiger partial charge in [0.1, 0.15) is 5.82 Å². The highest BCUT2D eigenvalue weighted by molar-refractivity contribution is 7.99. The highest BCUT2D eigenvalue weighted by Gasteiger charge is 2.23. The Balaban J connectivity index is 1.83. The Kier molecular flexibility index (Phi) is 6.29. The zero-order valence-corrected chi connectivity index (χ0v) is 15.0. The number of nitrogens with one attached hydrogen (secondary N) is 1. The van der Waals surface area contributed by atoms with E-state index in [2.05, 4.69) is 51.3 Å². The van der Waals surface area contributed by atoms with Crippen molar-refractivity contribution >= 4 is 11.8 Å². The van der Waals surface area contributed by atoms with E-state index >= 15 is 0 Å². The lowest BCUT2D eigenvalue weighted by atomic mass is 9.97. The fourth-order valence-electron chi connectivity index (χ4n) is 2.97. The van der Waals surface area contributed by atoms with Crippen LogP contribution < -0.4 is 5.32 Å². The molecule has 1 aliphatic rings. The summed E-state index contributed by atoms with van der Waals surface area (Å²) in [6.45, 7) is 5.17. The summed E-state index contributed by atoms with van der Waals surface area (Å²) >= 11 is 1.70. The van der Waals surface area contributed by atoms with Gasteiger partial charge in [0.15, 0.2) is 5.16 Å². The first kappa shape index (κ1) is 17.5. The van der Waals surface area contributed by atoms with E-state index in [0.29, 0.717) is 5.92 Å². The number of aromatic nitrogens is 3. The SMILES string of the molecule is CC(CO)CSc1nnc(C2CCNCC2)n1Cc1ccccc1. The molecule has 2 N–H and O–H groups in total. The van der Waals surface area contributed by atoms with Crippen LogP contribution in [0.3, 0.4) is 0 Å². The number of aliphatic hydroxyl groups is 1. The molecule has 0 spiro atoms. The van der Waals surface area contributed by atoms with Crippen molar-refractivity contribution in [2.45, 2.75) is 37.4 Å². The van der Waals surface area contributed by atoms with Crippen LogP contribution in [0.25, 0.3) is 0 Å². The topological polar surface area (TPSA) is 63.0 Å². The number of aliphatic hydroxyl groups excluding tert-OH is 1. The van der Waals surface area contributed by atoms with Crippen molar-refractivity contribution in [1.82, 2.24) is 20.1 Å². The lowest BCUT2D eigenvalue weighted by Gasteiger charge is -2.23. The Morgan fingerprint density at radius 2 is 2.00 bits per heavy atom. The molecule has 1 unspecified atom stereocenters. The molecular formula is C18H26N4OS. The van der Waals surface area contributed by atoms with Crippen molar-refractivity contribution in [2.24, 2.45) is 5.92 Å². The van der Waals surface area contributed by atoms with Crippen LogP contribution in [-0.4, -0.2) is 45.3 Å². The first-order valence-corrected chi connectivity index (χ1v) is 9.68. The van der Waals surface area contributed by atoms with Gasteiger partial charge in [-0.05, 0) is 37.4 Å². The van der Waals surface area contributed by atoms with Crippen LogP contribution in [-0.2, 0) is 6.54 Å². The molecule has 1 aliphatic heterocycles. The zero-order valence-electron chi connectivity index (χ0n) is 14.2. The van der Waals surface area contributed by atoms with Crippen molar-refractivity contribution in [2.75, 3.05) is 25.4 Å². The van der Waals surface area contributed by atoms with Crippen LogP contribution in [0.15, 0.2) is 35.5 Å². The van der Waals surface area contributed by atoms with Gasteiger partial charge in [0, 0.05) is 18.3 Å². The minimum Gasteiger partial charge on any atom is -0.396 e. The van der Waals surface area contributed by atoms with Crippen LogP contribution in [0.2, 0.25) is 0 Å². The lowest BCUT2D eigenvalue weighted by Crippen LogP contribution is -2.28. The summed E-state index contributed by atoms with van der Waals surface area (Å²) in [4.78, 5) is 0. The summed E-state index contributed by atoms with van der Waals surface area (Å²) < 4.78 is 2.28. The first-order valence-electron chi connectivity index (χ1n) is 8.69. The minimum absolute atomic E-state index is 0.209. The van der Waals surface area contributed by atoms with Crippen LogP contribution in [0.1, 0.15) is 37.1 Å². The van der Waals surface area contributed by atoms with Gasteiger partial charge in [-0.2, -0.15) is 0 Å². The Morgan fingerprint density at radius 3 is 2.71 bits per heavy atom. The normalized spacial score (nSPS) is 17.1. The summed E-state index contributed by atoms with van der Waals surface area (Å²) in [5.41, 5.74) is 1.27. The largest absolute Gasteiger partial charge is 0.396 e. The van der Waals surface area contributed by atoms with Crippen LogP contribution in [0.4, 0.5) is 0 Å². The van der Waals surface area contributed by atoms with Gasteiger partial charge in [-0.3, -0.25) is 0 Å². The van der Waals surface area contributed by atoms with Crippen molar-refractivity contribution in [1.29, 1.82) is 0 Å². The van der Waals surface area contributed by atoms with Gasteiger partial charge in [-0.1, -0.05) is 49.0 Å². The molecule has 1 fully saturated rings. The third-order valence-electron chi connectivity index (χ3n) is 4.44. The smallest absolute Gasteiger partial charge is 0.191 e. The molecular weight excluding hydrogens is 320 g/mol. The number of rotatable bonds is 7. The van der Waals surface area contributed by atoms with Crippen molar-refractivity contribution in [3.05, 3.63) is 41.7 Å². The fourth-order valence-corrected chi connectivity index (χ4v) is 3.92. The Morgan fingerprint density at radius 1 is 1.25 bits per heavy atom. The van der Waals surface area contributed by atoms with E-state index in [1.165, 1.54) is 5.56 Å². The second-order valence-corrected chi connectivity index (χ2v) is 7.52. The number of nitrogens with zero attached hydrogens (tertiary/aromatic N) is 3. The van der Waals surface area contributed by atoms with Gasteiger partial charge in [0.2, 0.25) is 0 Å². The van der Waals surface area contributed by atoms with E-state index in [0.717, 1.165) is 49.2 Å². The van der Waals surface area contributed by atoms with Crippen LogP contribution in [0, 0.1) is 5.92 Å². The van der Waals surface area contributed by atoms with Crippen molar-refractivity contribution in [3.8, 4) is 0 Å². The number of benzene rings is 1.